The highest BCUT2D eigenvalue weighted by molar-refractivity contribution is 5.77. The van der Waals surface area contributed by atoms with Crippen LogP contribution in [0.3, 0.4) is 0 Å². The van der Waals surface area contributed by atoms with Crippen molar-refractivity contribution in [1.82, 2.24) is 15.5 Å². The van der Waals surface area contributed by atoms with Gasteiger partial charge in [0.2, 0.25) is 17.7 Å². The van der Waals surface area contributed by atoms with E-state index >= 15 is 0 Å². The molecule has 0 aromatic heterocycles. The molecular formula is C33H53N3O13. The number of likely N-dealkylation sites (tertiary alicyclic amines) is 1. The molecule has 0 aromatic rings. The largest absolute Gasteiger partial charge is 0.463 e. The molecule has 2 heterocycles. The Kier molecular flexibility index (Phi) is 15.2. The fourth-order valence-corrected chi connectivity index (χ4v) is 7.05. The topological polar surface area (TPSA) is 216 Å². The van der Waals surface area contributed by atoms with Crippen molar-refractivity contribution in [3.63, 3.8) is 0 Å². The molecule has 16 nitrogen and oxygen atoms in total. The van der Waals surface area contributed by atoms with Crippen LogP contribution in [0.25, 0.3) is 0 Å². The molecule has 2 saturated heterocycles. The minimum atomic E-state index is -1.20. The number of hydrogen-bond acceptors (Lipinski definition) is 13. The van der Waals surface area contributed by atoms with Gasteiger partial charge in [-0.2, -0.15) is 0 Å². The van der Waals surface area contributed by atoms with Crippen molar-refractivity contribution >= 4 is 35.6 Å². The van der Waals surface area contributed by atoms with Crippen LogP contribution in [0.5, 0.6) is 0 Å². The zero-order valence-corrected chi connectivity index (χ0v) is 29.0. The molecule has 1 saturated carbocycles. The molecule has 3 fully saturated rings. The number of amides is 3. The average Bonchev–Trinajstić information content (AvgIpc) is 2.98. The van der Waals surface area contributed by atoms with Crippen LogP contribution in [-0.4, -0.2) is 127 Å². The Balaban J connectivity index is 1.34. The van der Waals surface area contributed by atoms with Gasteiger partial charge in [0.1, 0.15) is 18.8 Å². The van der Waals surface area contributed by atoms with Gasteiger partial charge in [-0.05, 0) is 38.5 Å². The van der Waals surface area contributed by atoms with Gasteiger partial charge < -0.3 is 49.4 Å². The molecule has 2 aliphatic heterocycles. The van der Waals surface area contributed by atoms with Gasteiger partial charge in [-0.1, -0.05) is 6.42 Å². The standard InChI is InChI=1S/C33H53N3O13/c1-21(39)35-28-30(48-24(4)42)29(47-23(3)41)25(14-46-22(2)40)49-31(28)45-13-9-7-10-26(43)34-12-8-5-6-11-27(44)36-17-32(18-36)15-33(16-32,19-37)20-38/h25,28-31,37-38H,5-20H2,1-4H3,(H,34,43)(H,35,39). The molecule has 1 spiro atoms. The molecule has 3 aliphatic rings. The molecule has 0 aromatic carbocycles. The predicted molar refractivity (Wildman–Crippen MR) is 170 cm³/mol. The first kappa shape index (κ1) is 40.1. The summed E-state index contributed by atoms with van der Waals surface area (Å²) in [5.74, 6) is -2.48. The minimum Gasteiger partial charge on any atom is -0.463 e. The molecule has 278 valence electrons. The number of unbranched alkanes of at least 4 members (excludes halogenated alkanes) is 3. The summed E-state index contributed by atoms with van der Waals surface area (Å²) in [6, 6.07) is -1.05. The third kappa shape index (κ3) is 11.9. The van der Waals surface area contributed by atoms with E-state index in [9.17, 15) is 39.0 Å². The van der Waals surface area contributed by atoms with Gasteiger partial charge in [0.05, 0.1) is 13.2 Å². The van der Waals surface area contributed by atoms with E-state index in [2.05, 4.69) is 10.6 Å². The highest BCUT2D eigenvalue weighted by Gasteiger charge is 2.60. The lowest BCUT2D eigenvalue weighted by Gasteiger charge is -2.63. The van der Waals surface area contributed by atoms with Crippen molar-refractivity contribution in [3.8, 4) is 0 Å². The second kappa shape index (κ2) is 18.6. The number of rotatable bonds is 19. The highest BCUT2D eigenvalue weighted by atomic mass is 16.7. The average molecular weight is 700 g/mol. The minimum absolute atomic E-state index is 0.0225. The number of aliphatic hydroxyl groups excluding tert-OH is 2. The van der Waals surface area contributed by atoms with E-state index in [4.69, 9.17) is 23.7 Å². The number of carbonyl (C=O) groups is 6. The fourth-order valence-electron chi connectivity index (χ4n) is 7.05. The quantitative estimate of drug-likeness (QED) is 0.0801. The lowest BCUT2D eigenvalue weighted by atomic mass is 9.50. The van der Waals surface area contributed by atoms with E-state index < -0.39 is 54.5 Å². The molecular weight excluding hydrogens is 646 g/mol. The first-order valence-electron chi connectivity index (χ1n) is 17.0. The summed E-state index contributed by atoms with van der Waals surface area (Å²) in [7, 11) is 0. The van der Waals surface area contributed by atoms with Crippen molar-refractivity contribution in [2.75, 3.05) is 46.1 Å². The summed E-state index contributed by atoms with van der Waals surface area (Å²) in [5, 5.41) is 24.5. The first-order valence-corrected chi connectivity index (χ1v) is 17.0. The highest BCUT2D eigenvalue weighted by Crippen LogP contribution is 2.58. The van der Waals surface area contributed by atoms with Gasteiger partial charge in [0.15, 0.2) is 18.5 Å². The Morgan fingerprint density at radius 1 is 0.816 bits per heavy atom. The van der Waals surface area contributed by atoms with Crippen LogP contribution in [0.4, 0.5) is 0 Å². The normalized spacial score (nSPS) is 24.9. The van der Waals surface area contributed by atoms with E-state index in [1.165, 1.54) is 13.8 Å². The number of carbonyl (C=O) groups excluding carboxylic acids is 6. The van der Waals surface area contributed by atoms with Gasteiger partial charge in [-0.3, -0.25) is 28.8 Å². The van der Waals surface area contributed by atoms with Crippen LogP contribution in [0.15, 0.2) is 0 Å². The number of aliphatic hydroxyl groups is 2. The van der Waals surface area contributed by atoms with Crippen molar-refractivity contribution < 1.29 is 62.7 Å². The van der Waals surface area contributed by atoms with Crippen molar-refractivity contribution in [2.45, 2.75) is 116 Å². The maximum atomic E-state index is 12.5. The van der Waals surface area contributed by atoms with Crippen LogP contribution < -0.4 is 10.6 Å². The summed E-state index contributed by atoms with van der Waals surface area (Å²) in [5.41, 5.74) is -0.319. The van der Waals surface area contributed by atoms with Gasteiger partial charge in [0, 0.05) is 77.6 Å². The Labute approximate surface area is 286 Å². The maximum absolute atomic E-state index is 12.5. The van der Waals surface area contributed by atoms with E-state index in [1.807, 2.05) is 4.90 Å². The second-order valence-electron chi connectivity index (χ2n) is 13.6. The van der Waals surface area contributed by atoms with E-state index in [0.29, 0.717) is 38.9 Å². The van der Waals surface area contributed by atoms with Crippen LogP contribution >= 0.6 is 0 Å². The Morgan fingerprint density at radius 3 is 2.04 bits per heavy atom. The molecule has 4 N–H and O–H groups in total. The molecule has 0 bridgehead atoms. The van der Waals surface area contributed by atoms with E-state index in [1.54, 1.807) is 0 Å². The third-order valence-electron chi connectivity index (χ3n) is 9.12. The Morgan fingerprint density at radius 2 is 1.45 bits per heavy atom. The zero-order chi connectivity index (χ0) is 36.2. The Hall–Kier alpha value is -3.34. The summed E-state index contributed by atoms with van der Waals surface area (Å²) in [6.45, 7) is 6.41. The van der Waals surface area contributed by atoms with Crippen LogP contribution in [0, 0.1) is 10.8 Å². The number of nitrogens with one attached hydrogen (secondary N) is 2. The van der Waals surface area contributed by atoms with Gasteiger partial charge in [0.25, 0.3) is 0 Å². The fraction of sp³-hybridized carbons (Fsp3) is 0.818. The molecule has 49 heavy (non-hydrogen) atoms. The van der Waals surface area contributed by atoms with Crippen molar-refractivity contribution in [2.24, 2.45) is 10.8 Å². The number of hydrogen-bond donors (Lipinski definition) is 4. The van der Waals surface area contributed by atoms with Gasteiger partial charge in [-0.15, -0.1) is 0 Å². The zero-order valence-electron chi connectivity index (χ0n) is 29.0. The van der Waals surface area contributed by atoms with E-state index in [-0.39, 0.29) is 55.5 Å². The lowest BCUT2D eigenvalue weighted by molar-refractivity contribution is -0.277. The number of ether oxygens (including phenoxy) is 5. The Bertz CT molecular complexity index is 1160. The summed E-state index contributed by atoms with van der Waals surface area (Å²) < 4.78 is 27.8. The van der Waals surface area contributed by atoms with Crippen LogP contribution in [0.2, 0.25) is 0 Å². The summed E-state index contributed by atoms with van der Waals surface area (Å²) >= 11 is 0. The van der Waals surface area contributed by atoms with Crippen LogP contribution in [-0.2, 0) is 52.5 Å². The molecule has 5 unspecified atom stereocenters. The summed E-state index contributed by atoms with van der Waals surface area (Å²) in [6.07, 6.45) is 0.843. The molecule has 16 heteroatoms. The van der Waals surface area contributed by atoms with Crippen molar-refractivity contribution in [1.29, 1.82) is 0 Å². The second-order valence-corrected chi connectivity index (χ2v) is 13.6. The summed E-state index contributed by atoms with van der Waals surface area (Å²) in [4.78, 5) is 74.0. The number of nitrogens with zero attached hydrogens (tertiary/aromatic N) is 1. The van der Waals surface area contributed by atoms with Gasteiger partial charge in [-0.25, -0.2) is 0 Å². The smallest absolute Gasteiger partial charge is 0.303 e. The van der Waals surface area contributed by atoms with Crippen molar-refractivity contribution in [3.05, 3.63) is 0 Å². The molecule has 3 amide bonds. The van der Waals surface area contributed by atoms with Crippen LogP contribution in [0.1, 0.15) is 85.5 Å². The SMILES string of the molecule is CC(=O)NC1C(OCCCCC(=O)NCCCCCC(=O)N2CC3(C2)CC(CO)(CO)C3)OC(COC(C)=O)C(OC(C)=O)C1OC(C)=O. The van der Waals surface area contributed by atoms with E-state index in [0.717, 1.165) is 46.0 Å². The maximum Gasteiger partial charge on any atom is 0.303 e. The monoisotopic (exact) mass is 699 g/mol. The number of esters is 3. The lowest BCUT2D eigenvalue weighted by Crippen LogP contribution is -2.68. The molecule has 0 radical (unpaired) electrons. The predicted octanol–water partition coefficient (Wildman–Crippen LogP) is 0.0994. The molecule has 3 rings (SSSR count). The molecule has 1 aliphatic carbocycles. The van der Waals surface area contributed by atoms with Gasteiger partial charge >= 0.3 is 17.9 Å². The first-order chi connectivity index (χ1) is 23.2. The molecule has 5 atom stereocenters. The third-order valence-corrected chi connectivity index (χ3v) is 9.12.